The molecular weight excluding hydrogens is 224 g/mol. The van der Waals surface area contributed by atoms with Crippen LogP contribution in [0.2, 0.25) is 0 Å². The number of nitrogens with two attached hydrogens (primary N) is 1. The normalized spacial score (nSPS) is 21.2. The van der Waals surface area contributed by atoms with Crippen LogP contribution in [0.5, 0.6) is 0 Å². The molecule has 0 aromatic heterocycles. The maximum atomic E-state index is 12.4. The van der Waals surface area contributed by atoms with E-state index in [9.17, 15) is 9.90 Å². The number of β-amino-alcohol motifs (C(OH)–C–C–N with tert-alkyl or cyclic N) is 1. The topological polar surface area (TPSA) is 66.6 Å². The lowest BCUT2D eigenvalue weighted by molar-refractivity contribution is -0.137. The van der Waals surface area contributed by atoms with Gasteiger partial charge in [-0.25, -0.2) is 0 Å². The van der Waals surface area contributed by atoms with Crippen LogP contribution in [0.4, 0.5) is 0 Å². The van der Waals surface area contributed by atoms with Gasteiger partial charge in [-0.15, -0.1) is 0 Å². The van der Waals surface area contributed by atoms with Crippen LogP contribution in [0.1, 0.15) is 33.1 Å². The maximum absolute atomic E-state index is 12.4. The standard InChI is InChI=1S/C11H20N2O2S/c1-3-11(4-2,9(12)16)10(15)13-6-5-8(14)7-13/h8,14H,3-7H2,1-2H3,(H2,12,16). The third-order valence-electron chi connectivity index (χ3n) is 3.54. The van der Waals surface area contributed by atoms with Gasteiger partial charge in [-0.3, -0.25) is 4.79 Å². The average molecular weight is 244 g/mol. The van der Waals surface area contributed by atoms with E-state index in [-0.39, 0.29) is 10.9 Å². The first-order chi connectivity index (χ1) is 7.47. The second kappa shape index (κ2) is 5.10. The molecule has 0 saturated carbocycles. The number of hydrogen-bond donors (Lipinski definition) is 2. The molecule has 1 aliphatic rings. The van der Waals surface area contributed by atoms with Crippen LogP contribution in [-0.4, -0.2) is 40.1 Å². The third kappa shape index (κ3) is 2.20. The highest BCUT2D eigenvalue weighted by molar-refractivity contribution is 7.80. The first kappa shape index (κ1) is 13.4. The summed E-state index contributed by atoms with van der Waals surface area (Å²) < 4.78 is 0. The summed E-state index contributed by atoms with van der Waals surface area (Å²) in [5, 5.41) is 9.44. The number of likely N-dealkylation sites (tertiary alicyclic amines) is 1. The van der Waals surface area contributed by atoms with Gasteiger partial charge in [0.1, 0.15) is 0 Å². The van der Waals surface area contributed by atoms with E-state index in [4.69, 9.17) is 18.0 Å². The largest absolute Gasteiger partial charge is 0.392 e. The molecule has 1 unspecified atom stereocenters. The van der Waals surface area contributed by atoms with Gasteiger partial charge in [-0.05, 0) is 19.3 Å². The van der Waals surface area contributed by atoms with E-state index in [1.807, 2.05) is 13.8 Å². The zero-order valence-corrected chi connectivity index (χ0v) is 10.7. The lowest BCUT2D eigenvalue weighted by atomic mass is 9.81. The van der Waals surface area contributed by atoms with Gasteiger partial charge in [0.05, 0.1) is 16.5 Å². The monoisotopic (exact) mass is 244 g/mol. The minimum atomic E-state index is -0.723. The van der Waals surface area contributed by atoms with Gasteiger partial charge in [-0.2, -0.15) is 0 Å². The summed E-state index contributed by atoms with van der Waals surface area (Å²) in [6.07, 6.45) is 1.47. The average Bonchev–Trinajstić information content (AvgIpc) is 2.66. The number of amides is 1. The molecule has 0 bridgehead atoms. The van der Waals surface area contributed by atoms with Gasteiger partial charge < -0.3 is 15.7 Å². The molecule has 1 saturated heterocycles. The Morgan fingerprint density at radius 3 is 2.44 bits per heavy atom. The van der Waals surface area contributed by atoms with Crippen molar-refractivity contribution >= 4 is 23.1 Å². The van der Waals surface area contributed by atoms with Gasteiger partial charge in [0.25, 0.3) is 0 Å². The fourth-order valence-corrected chi connectivity index (χ4v) is 2.61. The van der Waals surface area contributed by atoms with Gasteiger partial charge in [-0.1, -0.05) is 26.1 Å². The number of aliphatic hydroxyl groups excluding tert-OH is 1. The number of rotatable bonds is 4. The minimum Gasteiger partial charge on any atom is -0.392 e. The van der Waals surface area contributed by atoms with Gasteiger partial charge in [0.15, 0.2) is 0 Å². The molecule has 1 heterocycles. The van der Waals surface area contributed by atoms with Crippen LogP contribution in [-0.2, 0) is 4.79 Å². The Hall–Kier alpha value is -0.680. The summed E-state index contributed by atoms with van der Waals surface area (Å²) in [6.45, 7) is 4.85. The Bertz CT molecular complexity index is 290. The van der Waals surface area contributed by atoms with Crippen molar-refractivity contribution in [2.75, 3.05) is 13.1 Å². The van der Waals surface area contributed by atoms with Crippen molar-refractivity contribution in [3.05, 3.63) is 0 Å². The van der Waals surface area contributed by atoms with E-state index in [0.29, 0.717) is 32.4 Å². The lowest BCUT2D eigenvalue weighted by Gasteiger charge is -2.33. The molecule has 92 valence electrons. The number of thiocarbonyl (C=S) groups is 1. The van der Waals surface area contributed by atoms with E-state index < -0.39 is 11.5 Å². The molecule has 3 N–H and O–H groups in total. The van der Waals surface area contributed by atoms with Crippen molar-refractivity contribution in [3.8, 4) is 0 Å². The van der Waals surface area contributed by atoms with E-state index in [1.165, 1.54) is 0 Å². The number of carbonyl (C=O) groups is 1. The van der Waals surface area contributed by atoms with Crippen molar-refractivity contribution in [2.45, 2.75) is 39.2 Å². The highest BCUT2D eigenvalue weighted by Gasteiger charge is 2.42. The Kier molecular flexibility index (Phi) is 4.27. The summed E-state index contributed by atoms with van der Waals surface area (Å²) >= 11 is 5.04. The molecule has 5 heteroatoms. The maximum Gasteiger partial charge on any atom is 0.235 e. The lowest BCUT2D eigenvalue weighted by Crippen LogP contribution is -2.49. The van der Waals surface area contributed by atoms with E-state index in [2.05, 4.69) is 0 Å². The predicted molar refractivity (Wildman–Crippen MR) is 67.0 cm³/mol. The zero-order valence-electron chi connectivity index (χ0n) is 9.90. The summed E-state index contributed by atoms with van der Waals surface area (Å²) in [6, 6.07) is 0. The van der Waals surface area contributed by atoms with Crippen LogP contribution in [0, 0.1) is 5.41 Å². The van der Waals surface area contributed by atoms with E-state index in [1.54, 1.807) is 4.90 Å². The van der Waals surface area contributed by atoms with E-state index in [0.717, 1.165) is 0 Å². The molecule has 0 radical (unpaired) electrons. The van der Waals surface area contributed by atoms with Crippen molar-refractivity contribution in [1.82, 2.24) is 4.90 Å². The smallest absolute Gasteiger partial charge is 0.235 e. The molecule has 0 aliphatic carbocycles. The van der Waals surface area contributed by atoms with Gasteiger partial charge >= 0.3 is 0 Å². The molecule has 0 aromatic rings. The van der Waals surface area contributed by atoms with E-state index >= 15 is 0 Å². The van der Waals surface area contributed by atoms with Gasteiger partial charge in [0.2, 0.25) is 5.91 Å². The van der Waals surface area contributed by atoms with Crippen molar-refractivity contribution in [3.63, 3.8) is 0 Å². The Balaban J connectivity index is 2.87. The third-order valence-corrected chi connectivity index (χ3v) is 3.93. The van der Waals surface area contributed by atoms with Crippen LogP contribution in [0.25, 0.3) is 0 Å². The molecule has 1 aliphatic heterocycles. The summed E-state index contributed by atoms with van der Waals surface area (Å²) in [7, 11) is 0. The summed E-state index contributed by atoms with van der Waals surface area (Å²) in [5.41, 5.74) is 4.99. The zero-order chi connectivity index (χ0) is 12.3. The quantitative estimate of drug-likeness (QED) is 0.713. The van der Waals surface area contributed by atoms with Crippen molar-refractivity contribution < 1.29 is 9.90 Å². The minimum absolute atomic E-state index is 0.0263. The highest BCUT2D eigenvalue weighted by Crippen LogP contribution is 2.31. The number of aliphatic hydroxyl groups is 1. The second-order valence-corrected chi connectivity index (χ2v) is 4.79. The number of nitrogens with zero attached hydrogens (tertiary/aromatic N) is 1. The van der Waals surface area contributed by atoms with Crippen LogP contribution >= 0.6 is 12.2 Å². The number of carbonyl (C=O) groups excluding carboxylic acids is 1. The molecule has 4 nitrogen and oxygen atoms in total. The number of hydrogen-bond acceptors (Lipinski definition) is 3. The molecule has 1 rings (SSSR count). The SMILES string of the molecule is CCC(CC)(C(=O)N1CCC(O)C1)C(N)=S. The van der Waals surface area contributed by atoms with Crippen molar-refractivity contribution in [1.29, 1.82) is 0 Å². The van der Waals surface area contributed by atoms with Gasteiger partial charge in [0, 0.05) is 13.1 Å². The second-order valence-electron chi connectivity index (χ2n) is 4.35. The highest BCUT2D eigenvalue weighted by atomic mass is 32.1. The van der Waals surface area contributed by atoms with Crippen LogP contribution in [0.15, 0.2) is 0 Å². The van der Waals surface area contributed by atoms with Crippen molar-refractivity contribution in [2.24, 2.45) is 11.1 Å². The Morgan fingerprint density at radius 1 is 1.56 bits per heavy atom. The van der Waals surface area contributed by atoms with Crippen LogP contribution < -0.4 is 5.73 Å². The molecule has 0 spiro atoms. The molecule has 1 amide bonds. The molecule has 1 fully saturated rings. The molecule has 1 atom stereocenters. The van der Waals surface area contributed by atoms with Crippen LogP contribution in [0.3, 0.4) is 0 Å². The Morgan fingerprint density at radius 2 is 2.12 bits per heavy atom. The predicted octanol–water partition coefficient (Wildman–Crippen LogP) is 0.672. The Labute approximate surface area is 102 Å². The molecule has 16 heavy (non-hydrogen) atoms. The first-order valence-corrected chi connectivity index (χ1v) is 6.16. The first-order valence-electron chi connectivity index (χ1n) is 5.75. The summed E-state index contributed by atoms with van der Waals surface area (Å²) in [4.78, 5) is 14.3. The summed E-state index contributed by atoms with van der Waals surface area (Å²) in [5.74, 6) is -0.0263. The fourth-order valence-electron chi connectivity index (χ4n) is 2.24. The molecule has 0 aromatic carbocycles. The molecular formula is C11H20N2O2S. The fraction of sp³-hybridized carbons (Fsp3) is 0.818.